The molecule has 1 unspecified atom stereocenters. The first kappa shape index (κ1) is 23.3. The Hall–Kier alpha value is -3.88. The SMILES string of the molecule is CN(C)CCCC(N)O/C=C/Nc1ccc(-c2[nH]c(O)c3c2C(=O)c2ccccc2C3=N)cc1. The van der Waals surface area contributed by atoms with Gasteiger partial charge >= 0.3 is 0 Å². The summed E-state index contributed by atoms with van der Waals surface area (Å²) in [5.74, 6) is -0.389. The van der Waals surface area contributed by atoms with Crippen molar-refractivity contribution in [3.8, 4) is 17.1 Å². The Balaban J connectivity index is 1.44. The van der Waals surface area contributed by atoms with Gasteiger partial charge in [-0.15, -0.1) is 0 Å². The zero-order chi connectivity index (χ0) is 24.2. The molecule has 0 amide bonds. The van der Waals surface area contributed by atoms with Crippen LogP contribution >= 0.6 is 0 Å². The Kier molecular flexibility index (Phi) is 6.81. The van der Waals surface area contributed by atoms with Crippen molar-refractivity contribution in [3.05, 3.63) is 83.2 Å². The molecule has 8 heteroatoms. The summed E-state index contributed by atoms with van der Waals surface area (Å²) < 4.78 is 5.48. The zero-order valence-electron chi connectivity index (χ0n) is 19.3. The van der Waals surface area contributed by atoms with Crippen molar-refractivity contribution >= 4 is 17.2 Å². The number of fused-ring (bicyclic) bond motifs is 2. The van der Waals surface area contributed by atoms with Crippen LogP contribution in [0.1, 0.15) is 39.9 Å². The molecule has 2 aromatic carbocycles. The van der Waals surface area contributed by atoms with Crippen molar-refractivity contribution in [1.82, 2.24) is 9.88 Å². The molecular formula is C26H29N5O3. The van der Waals surface area contributed by atoms with Crippen LogP contribution < -0.4 is 11.1 Å². The number of aromatic amines is 1. The van der Waals surface area contributed by atoms with Crippen LogP contribution in [0.25, 0.3) is 11.3 Å². The molecular weight excluding hydrogens is 430 g/mol. The molecule has 0 saturated carbocycles. The number of nitrogens with one attached hydrogen (secondary N) is 3. The number of aromatic nitrogens is 1. The summed E-state index contributed by atoms with van der Waals surface area (Å²) in [6.07, 6.45) is 4.59. The van der Waals surface area contributed by atoms with Gasteiger partial charge in [-0.25, -0.2) is 0 Å². The number of anilines is 1. The summed E-state index contributed by atoms with van der Waals surface area (Å²) in [6, 6.07) is 14.4. The molecule has 1 aliphatic carbocycles. The molecule has 3 aromatic rings. The van der Waals surface area contributed by atoms with Crippen molar-refractivity contribution in [2.24, 2.45) is 5.73 Å². The lowest BCUT2D eigenvalue weighted by atomic mass is 9.84. The third kappa shape index (κ3) is 4.73. The van der Waals surface area contributed by atoms with E-state index in [-0.39, 0.29) is 29.2 Å². The van der Waals surface area contributed by atoms with Crippen molar-refractivity contribution in [3.63, 3.8) is 0 Å². The lowest BCUT2D eigenvalue weighted by Crippen LogP contribution is -2.23. The largest absolute Gasteiger partial charge is 0.494 e. The summed E-state index contributed by atoms with van der Waals surface area (Å²) in [4.78, 5) is 18.2. The van der Waals surface area contributed by atoms with Gasteiger partial charge in [0.25, 0.3) is 0 Å². The highest BCUT2D eigenvalue weighted by Gasteiger charge is 2.34. The second-order valence-electron chi connectivity index (χ2n) is 8.49. The molecule has 0 fully saturated rings. The highest BCUT2D eigenvalue weighted by atomic mass is 16.5. The normalized spacial score (nSPS) is 13.8. The van der Waals surface area contributed by atoms with Crippen LogP contribution in [0.3, 0.4) is 0 Å². The van der Waals surface area contributed by atoms with Crippen LogP contribution in [0, 0.1) is 5.41 Å². The number of ether oxygens (including phenoxy) is 1. The van der Waals surface area contributed by atoms with Gasteiger partial charge in [-0.3, -0.25) is 15.9 Å². The Labute approximate surface area is 198 Å². The number of ketones is 1. The van der Waals surface area contributed by atoms with Gasteiger partial charge in [-0.2, -0.15) is 0 Å². The molecule has 1 atom stereocenters. The molecule has 0 spiro atoms. The minimum Gasteiger partial charge on any atom is -0.494 e. The van der Waals surface area contributed by atoms with E-state index in [1.54, 1.807) is 30.5 Å². The minimum absolute atomic E-state index is 0.133. The summed E-state index contributed by atoms with van der Waals surface area (Å²) >= 11 is 0. The second kappa shape index (κ2) is 9.94. The predicted molar refractivity (Wildman–Crippen MR) is 133 cm³/mol. The number of hydrogen-bond acceptors (Lipinski definition) is 7. The average molecular weight is 460 g/mol. The molecule has 0 aliphatic heterocycles. The number of nitrogens with zero attached hydrogens (tertiary/aromatic N) is 1. The summed E-state index contributed by atoms with van der Waals surface area (Å²) in [5.41, 5.74) is 9.66. The number of aromatic hydroxyl groups is 1. The summed E-state index contributed by atoms with van der Waals surface area (Å²) in [5, 5.41) is 22.1. The lowest BCUT2D eigenvalue weighted by molar-refractivity contribution is 0.103. The van der Waals surface area contributed by atoms with Crippen LogP contribution in [0.5, 0.6) is 5.88 Å². The van der Waals surface area contributed by atoms with E-state index in [0.717, 1.165) is 30.6 Å². The molecule has 34 heavy (non-hydrogen) atoms. The Morgan fingerprint density at radius 3 is 2.56 bits per heavy atom. The highest BCUT2D eigenvalue weighted by Crippen LogP contribution is 2.39. The number of carbonyl (C=O) groups is 1. The molecule has 4 rings (SSSR count). The topological polar surface area (TPSA) is 127 Å². The average Bonchev–Trinajstić information content (AvgIpc) is 3.18. The lowest BCUT2D eigenvalue weighted by Gasteiger charge is -2.17. The van der Waals surface area contributed by atoms with Crippen molar-refractivity contribution < 1.29 is 14.6 Å². The molecule has 0 bridgehead atoms. The molecule has 0 saturated heterocycles. The van der Waals surface area contributed by atoms with E-state index in [1.807, 2.05) is 38.4 Å². The quantitative estimate of drug-likeness (QED) is 0.191. The van der Waals surface area contributed by atoms with E-state index in [0.29, 0.717) is 22.4 Å². The summed E-state index contributed by atoms with van der Waals surface area (Å²) in [6.45, 7) is 0.965. The molecule has 1 aliphatic rings. The molecule has 6 N–H and O–H groups in total. The first-order valence-electron chi connectivity index (χ1n) is 11.1. The van der Waals surface area contributed by atoms with Crippen molar-refractivity contribution in [1.29, 1.82) is 5.41 Å². The van der Waals surface area contributed by atoms with Crippen LogP contribution in [0.15, 0.2) is 61.0 Å². The maximum atomic E-state index is 13.2. The Morgan fingerprint density at radius 1 is 1.15 bits per heavy atom. The van der Waals surface area contributed by atoms with Crippen LogP contribution in [-0.2, 0) is 4.74 Å². The smallest absolute Gasteiger partial charge is 0.199 e. The molecule has 1 aromatic heterocycles. The van der Waals surface area contributed by atoms with E-state index in [1.165, 1.54) is 6.26 Å². The third-order valence-corrected chi connectivity index (χ3v) is 5.74. The summed E-state index contributed by atoms with van der Waals surface area (Å²) in [7, 11) is 4.05. The first-order chi connectivity index (χ1) is 16.4. The van der Waals surface area contributed by atoms with Crippen LogP contribution in [0.2, 0.25) is 0 Å². The fourth-order valence-corrected chi connectivity index (χ4v) is 4.02. The van der Waals surface area contributed by atoms with Gasteiger partial charge in [0, 0.05) is 23.0 Å². The van der Waals surface area contributed by atoms with E-state index in [2.05, 4.69) is 15.2 Å². The van der Waals surface area contributed by atoms with Gasteiger partial charge < -0.3 is 25.0 Å². The second-order valence-corrected chi connectivity index (χ2v) is 8.49. The fraction of sp³-hybridized carbons (Fsp3) is 0.231. The number of nitrogens with two attached hydrogens (primary N) is 1. The van der Waals surface area contributed by atoms with E-state index >= 15 is 0 Å². The van der Waals surface area contributed by atoms with Gasteiger partial charge in [0.15, 0.2) is 11.7 Å². The molecule has 1 heterocycles. The van der Waals surface area contributed by atoms with Gasteiger partial charge in [-0.05, 0) is 51.2 Å². The maximum absolute atomic E-state index is 13.2. The third-order valence-electron chi connectivity index (χ3n) is 5.74. The number of H-pyrrole nitrogens is 1. The number of hydrogen-bond donors (Lipinski definition) is 5. The van der Waals surface area contributed by atoms with Crippen molar-refractivity contribution in [2.45, 2.75) is 19.1 Å². The Morgan fingerprint density at radius 2 is 1.85 bits per heavy atom. The van der Waals surface area contributed by atoms with Crippen molar-refractivity contribution in [2.75, 3.05) is 26.0 Å². The fourth-order valence-electron chi connectivity index (χ4n) is 4.02. The van der Waals surface area contributed by atoms with Gasteiger partial charge in [0.1, 0.15) is 12.5 Å². The molecule has 0 radical (unpaired) electrons. The monoisotopic (exact) mass is 459 g/mol. The van der Waals surface area contributed by atoms with Crippen LogP contribution in [-0.4, -0.2) is 53.4 Å². The van der Waals surface area contributed by atoms with Gasteiger partial charge in [0.2, 0.25) is 0 Å². The highest BCUT2D eigenvalue weighted by molar-refractivity contribution is 6.31. The van der Waals surface area contributed by atoms with E-state index in [4.69, 9.17) is 15.9 Å². The Bertz CT molecular complexity index is 1230. The zero-order valence-corrected chi connectivity index (χ0v) is 19.3. The number of benzene rings is 2. The van der Waals surface area contributed by atoms with E-state index in [9.17, 15) is 9.90 Å². The predicted octanol–water partition coefficient (Wildman–Crippen LogP) is 3.87. The minimum atomic E-state index is -0.353. The van der Waals surface area contributed by atoms with E-state index < -0.39 is 0 Å². The maximum Gasteiger partial charge on any atom is 0.199 e. The van der Waals surface area contributed by atoms with Crippen LogP contribution in [0.4, 0.5) is 5.69 Å². The first-order valence-corrected chi connectivity index (χ1v) is 11.1. The number of carbonyl (C=O) groups excluding carboxylic acids is 1. The van der Waals surface area contributed by atoms with Gasteiger partial charge in [-0.1, -0.05) is 36.4 Å². The standard InChI is InChI=1S/C26H29N5O3/c1-31(2)14-5-8-20(27)34-15-13-29-17-11-9-16(10-12-17)24-22-21(26(33)30-24)23(28)18-6-3-4-7-19(18)25(22)32/h3-4,6-7,9-13,15,20,28-30,33H,5,8,14,27H2,1-2H3/b15-13+,28-23?. The molecule has 8 nitrogen and oxygen atoms in total. The van der Waals surface area contributed by atoms with Gasteiger partial charge in [0.05, 0.1) is 22.5 Å². The molecule has 176 valence electrons. The number of rotatable bonds is 9.